The lowest BCUT2D eigenvalue weighted by Gasteiger charge is -2.21. The van der Waals surface area contributed by atoms with Gasteiger partial charge in [0, 0.05) is 16.6 Å². The van der Waals surface area contributed by atoms with E-state index in [0.29, 0.717) is 10.0 Å². The summed E-state index contributed by atoms with van der Waals surface area (Å²) in [4.78, 5) is 0. The normalized spacial score (nSPS) is 23.3. The van der Waals surface area contributed by atoms with Gasteiger partial charge in [0.1, 0.15) is 0 Å². The summed E-state index contributed by atoms with van der Waals surface area (Å²) in [5.74, 6) is 0.763. The first kappa shape index (κ1) is 20.3. The Bertz CT molecular complexity index is 1150. The molecule has 5 rings (SSSR count). The average molecular weight is 480 g/mol. The van der Waals surface area contributed by atoms with E-state index in [0.717, 1.165) is 39.3 Å². The Morgan fingerprint density at radius 3 is 2.63 bits per heavy atom. The van der Waals surface area contributed by atoms with Gasteiger partial charge in [0.25, 0.3) is 0 Å². The summed E-state index contributed by atoms with van der Waals surface area (Å²) in [5, 5.41) is 16.3. The van der Waals surface area contributed by atoms with Crippen molar-refractivity contribution in [3.63, 3.8) is 0 Å². The largest absolute Gasteiger partial charge is 0.250 e. The predicted molar refractivity (Wildman–Crippen MR) is 122 cm³/mol. The van der Waals surface area contributed by atoms with Gasteiger partial charge in [0.15, 0.2) is 5.82 Å². The van der Waals surface area contributed by atoms with Gasteiger partial charge in [-0.2, -0.15) is 9.78 Å². The van der Waals surface area contributed by atoms with Gasteiger partial charge in [-0.25, -0.2) is 10.9 Å². The van der Waals surface area contributed by atoms with E-state index in [4.69, 9.17) is 39.9 Å². The monoisotopic (exact) mass is 478 g/mol. The summed E-state index contributed by atoms with van der Waals surface area (Å²) >= 11 is 20.1. The molecule has 1 aromatic heterocycles. The van der Waals surface area contributed by atoms with Crippen molar-refractivity contribution < 1.29 is 0 Å². The Hall–Kier alpha value is -1.61. The molecule has 1 saturated heterocycles. The molecule has 6 nitrogen and oxygen atoms in total. The van der Waals surface area contributed by atoms with Gasteiger partial charge in [-0.1, -0.05) is 64.8 Å². The molecule has 0 saturated carbocycles. The highest BCUT2D eigenvalue weighted by Gasteiger charge is 2.33. The molecular weight excluding hydrogens is 463 g/mol. The van der Waals surface area contributed by atoms with Crippen molar-refractivity contribution in [2.45, 2.75) is 35.8 Å². The number of nitrogens with one attached hydrogen (secondary N) is 2. The average Bonchev–Trinajstić information content (AvgIpc) is 3.36. The number of rotatable bonds is 3. The molecule has 3 unspecified atom stereocenters. The second-order valence-corrected chi connectivity index (χ2v) is 9.77. The minimum Gasteiger partial charge on any atom is -0.250 e. The lowest BCUT2D eigenvalue weighted by atomic mass is 10.0. The molecule has 2 aliphatic rings. The van der Waals surface area contributed by atoms with Crippen molar-refractivity contribution in [1.82, 2.24) is 25.7 Å². The molecule has 2 N–H and O–H groups in total. The molecule has 30 heavy (non-hydrogen) atoms. The van der Waals surface area contributed by atoms with E-state index in [1.54, 1.807) is 17.8 Å². The van der Waals surface area contributed by atoms with Crippen LogP contribution in [0.1, 0.15) is 42.4 Å². The lowest BCUT2D eigenvalue weighted by Crippen LogP contribution is -2.28. The standard InChI is InChI=1S/C20H17Cl3N6S/c1-10-18(12-5-6-14(22)15(23)8-12)28-29-19(26-27-20(29)30-10)17-9-16(24-25-17)11-3-2-4-13(21)7-11/h2-8,10,16-17,24-25H,9H2,1H3. The van der Waals surface area contributed by atoms with Crippen LogP contribution in [0.2, 0.25) is 15.1 Å². The zero-order valence-corrected chi connectivity index (χ0v) is 18.9. The fourth-order valence-electron chi connectivity index (χ4n) is 3.68. The Balaban J connectivity index is 1.45. The van der Waals surface area contributed by atoms with Crippen LogP contribution in [0.5, 0.6) is 0 Å². The van der Waals surface area contributed by atoms with Crippen LogP contribution in [0, 0.1) is 0 Å². The summed E-state index contributed by atoms with van der Waals surface area (Å²) in [6, 6.07) is 13.5. The number of thioether (sulfide) groups is 1. The quantitative estimate of drug-likeness (QED) is 0.536. The maximum Gasteiger partial charge on any atom is 0.212 e. The van der Waals surface area contributed by atoms with Crippen LogP contribution in [0.25, 0.3) is 0 Å². The number of fused-ring (bicyclic) bond motifs is 1. The molecule has 1 fully saturated rings. The van der Waals surface area contributed by atoms with Crippen LogP contribution >= 0.6 is 46.6 Å². The Morgan fingerprint density at radius 1 is 1.00 bits per heavy atom. The maximum atomic E-state index is 6.23. The topological polar surface area (TPSA) is 67.1 Å². The molecule has 154 valence electrons. The van der Waals surface area contributed by atoms with Gasteiger partial charge in [0.05, 0.1) is 27.0 Å². The van der Waals surface area contributed by atoms with Crippen LogP contribution in [0.15, 0.2) is 52.7 Å². The van der Waals surface area contributed by atoms with E-state index >= 15 is 0 Å². The van der Waals surface area contributed by atoms with E-state index in [1.807, 2.05) is 35.0 Å². The van der Waals surface area contributed by atoms with Gasteiger partial charge in [0.2, 0.25) is 5.16 Å². The van der Waals surface area contributed by atoms with Crippen molar-refractivity contribution >= 4 is 52.3 Å². The third-order valence-electron chi connectivity index (χ3n) is 5.19. The molecule has 2 aliphatic heterocycles. The van der Waals surface area contributed by atoms with Crippen molar-refractivity contribution in [3.05, 3.63) is 74.5 Å². The predicted octanol–water partition coefficient (Wildman–Crippen LogP) is 5.27. The number of hydrogen-bond donors (Lipinski definition) is 2. The summed E-state index contributed by atoms with van der Waals surface area (Å²) in [6.45, 7) is 2.09. The van der Waals surface area contributed by atoms with Gasteiger partial charge in [-0.3, -0.25) is 0 Å². The number of halogens is 3. The molecule has 3 aromatic rings. The van der Waals surface area contributed by atoms with Crippen LogP contribution in [0.3, 0.4) is 0 Å². The number of benzene rings is 2. The van der Waals surface area contributed by atoms with Gasteiger partial charge in [-0.15, -0.1) is 10.2 Å². The van der Waals surface area contributed by atoms with Crippen LogP contribution in [-0.4, -0.2) is 25.8 Å². The van der Waals surface area contributed by atoms with Crippen LogP contribution in [0.4, 0.5) is 0 Å². The Kier molecular flexibility index (Phi) is 5.51. The number of nitrogens with zero attached hydrogens (tertiary/aromatic N) is 4. The van der Waals surface area contributed by atoms with Crippen LogP contribution in [-0.2, 0) is 0 Å². The minimum absolute atomic E-state index is 0.0388. The second-order valence-electron chi connectivity index (χ2n) is 7.21. The molecule has 2 aromatic carbocycles. The van der Waals surface area contributed by atoms with Crippen molar-refractivity contribution in [2.75, 3.05) is 0 Å². The Labute approximate surface area is 193 Å². The molecule has 10 heteroatoms. The van der Waals surface area contributed by atoms with Crippen molar-refractivity contribution in [1.29, 1.82) is 0 Å². The van der Waals surface area contributed by atoms with E-state index in [-0.39, 0.29) is 17.3 Å². The molecular formula is C20H17Cl3N6S. The smallest absolute Gasteiger partial charge is 0.212 e. The van der Waals surface area contributed by atoms with Crippen molar-refractivity contribution in [2.24, 2.45) is 5.10 Å². The first-order valence-corrected chi connectivity index (χ1v) is 11.4. The second kappa shape index (κ2) is 8.15. The maximum absolute atomic E-state index is 6.23. The first-order valence-electron chi connectivity index (χ1n) is 9.42. The van der Waals surface area contributed by atoms with E-state index in [2.05, 4.69) is 34.0 Å². The number of hydrogen-bond acceptors (Lipinski definition) is 6. The van der Waals surface area contributed by atoms with E-state index < -0.39 is 0 Å². The summed E-state index contributed by atoms with van der Waals surface area (Å²) < 4.78 is 1.82. The minimum atomic E-state index is -0.0388. The number of hydrazine groups is 1. The summed E-state index contributed by atoms with van der Waals surface area (Å²) in [6.07, 6.45) is 0.802. The third kappa shape index (κ3) is 3.75. The molecule has 0 radical (unpaired) electrons. The van der Waals surface area contributed by atoms with Gasteiger partial charge >= 0.3 is 0 Å². The fourth-order valence-corrected chi connectivity index (χ4v) is 5.11. The van der Waals surface area contributed by atoms with Gasteiger partial charge < -0.3 is 0 Å². The SMILES string of the molecule is CC1Sc2nnc(C3CC(c4cccc(Cl)c4)NN3)n2N=C1c1ccc(Cl)c(Cl)c1. The molecule has 0 bridgehead atoms. The van der Waals surface area contributed by atoms with Crippen LogP contribution < -0.4 is 10.9 Å². The van der Waals surface area contributed by atoms with Gasteiger partial charge in [-0.05, 0) is 43.2 Å². The van der Waals surface area contributed by atoms with E-state index in [1.165, 1.54) is 0 Å². The molecule has 0 amide bonds. The first-order chi connectivity index (χ1) is 14.5. The van der Waals surface area contributed by atoms with E-state index in [9.17, 15) is 0 Å². The molecule has 0 spiro atoms. The molecule has 0 aliphatic carbocycles. The highest BCUT2D eigenvalue weighted by molar-refractivity contribution is 8.00. The zero-order valence-electron chi connectivity index (χ0n) is 15.8. The highest BCUT2D eigenvalue weighted by atomic mass is 35.5. The molecule has 3 heterocycles. The fraction of sp³-hybridized carbons (Fsp3) is 0.250. The molecule has 3 atom stereocenters. The summed E-state index contributed by atoms with van der Waals surface area (Å²) in [7, 11) is 0. The zero-order chi connectivity index (χ0) is 20.8. The van der Waals surface area contributed by atoms with Crippen molar-refractivity contribution in [3.8, 4) is 0 Å². The number of aromatic nitrogens is 3. The summed E-state index contributed by atoms with van der Waals surface area (Å²) in [5.41, 5.74) is 9.62. The lowest BCUT2D eigenvalue weighted by molar-refractivity contribution is 0.520. The Morgan fingerprint density at radius 2 is 1.83 bits per heavy atom. The third-order valence-corrected chi connectivity index (χ3v) is 7.21. The highest BCUT2D eigenvalue weighted by Crippen LogP contribution is 2.36.